The van der Waals surface area contributed by atoms with Crippen molar-refractivity contribution in [2.24, 2.45) is 0 Å². The van der Waals surface area contributed by atoms with Gasteiger partial charge in [-0.1, -0.05) is 11.6 Å². The quantitative estimate of drug-likeness (QED) is 0.650. The maximum Gasteiger partial charge on any atom is 0.259 e. The van der Waals surface area contributed by atoms with Crippen molar-refractivity contribution in [3.63, 3.8) is 0 Å². The Bertz CT molecular complexity index is 900. The summed E-state index contributed by atoms with van der Waals surface area (Å²) < 4.78 is 11.2. The maximum atomic E-state index is 11.8. The van der Waals surface area contributed by atoms with Gasteiger partial charge in [0.25, 0.3) is 5.91 Å². The van der Waals surface area contributed by atoms with Crippen LogP contribution in [0, 0.1) is 18.3 Å². The summed E-state index contributed by atoms with van der Waals surface area (Å²) in [6.07, 6.45) is 1.70. The Morgan fingerprint density at radius 1 is 1.41 bits per heavy atom. The van der Waals surface area contributed by atoms with Crippen molar-refractivity contribution >= 4 is 40.5 Å². The number of halogens is 1. The summed E-state index contributed by atoms with van der Waals surface area (Å²) in [6, 6.07) is 5.55. The summed E-state index contributed by atoms with van der Waals surface area (Å²) >= 11 is 7.76. The van der Waals surface area contributed by atoms with Gasteiger partial charge in [0, 0.05) is 25.2 Å². The predicted octanol–water partition coefficient (Wildman–Crippen LogP) is 4.03. The molecule has 0 fully saturated rings. The monoisotopic (exact) mass is 405 g/mol. The van der Waals surface area contributed by atoms with Gasteiger partial charge in [0.1, 0.15) is 11.1 Å². The zero-order valence-electron chi connectivity index (χ0n) is 15.6. The Morgan fingerprint density at radius 3 is 2.70 bits per heavy atom. The molecule has 1 amide bonds. The molecule has 1 aromatic carbocycles. The number of rotatable bonds is 7. The van der Waals surface area contributed by atoms with Crippen molar-refractivity contribution < 1.29 is 14.3 Å². The Balaban J connectivity index is 2.37. The molecule has 0 saturated carbocycles. The number of carbonyl (C=O) groups excluding carboxylic acids is 1. The second kappa shape index (κ2) is 9.40. The number of allylic oxidation sites excluding steroid dienone is 1. The molecule has 142 valence electrons. The van der Waals surface area contributed by atoms with Crippen LogP contribution in [-0.2, 0) is 4.79 Å². The summed E-state index contributed by atoms with van der Waals surface area (Å²) in [4.78, 5) is 17.5. The summed E-state index contributed by atoms with van der Waals surface area (Å²) in [7, 11) is 3.29. The molecule has 0 unspecified atom stereocenters. The molecule has 0 N–H and O–H groups in total. The first-order chi connectivity index (χ1) is 12.8. The molecule has 0 aliphatic heterocycles. The fourth-order valence-electron chi connectivity index (χ4n) is 2.12. The number of hydrogen-bond acceptors (Lipinski definition) is 6. The van der Waals surface area contributed by atoms with Crippen molar-refractivity contribution in [3.8, 4) is 17.6 Å². The number of thiazole rings is 1. The molecular weight excluding hydrogens is 386 g/mol. The third-order valence-electron chi connectivity index (χ3n) is 3.45. The third kappa shape index (κ3) is 5.46. The first kappa shape index (κ1) is 20.7. The summed E-state index contributed by atoms with van der Waals surface area (Å²) in [5.74, 6) is 0.522. The smallest absolute Gasteiger partial charge is 0.259 e. The number of aryl methyl sites for hydroxylation is 1. The maximum absolute atomic E-state index is 11.8. The van der Waals surface area contributed by atoms with Crippen LogP contribution in [0.2, 0.25) is 5.02 Å². The average molecular weight is 406 g/mol. The summed E-state index contributed by atoms with van der Waals surface area (Å²) in [5.41, 5.74) is 1.97. The number of hydrogen-bond donors (Lipinski definition) is 0. The minimum Gasteiger partial charge on any atom is -0.490 e. The molecule has 27 heavy (non-hydrogen) atoms. The highest BCUT2D eigenvalue weighted by Crippen LogP contribution is 2.38. The van der Waals surface area contributed by atoms with E-state index in [-0.39, 0.29) is 12.5 Å². The van der Waals surface area contributed by atoms with E-state index in [2.05, 4.69) is 11.1 Å². The Kier molecular flexibility index (Phi) is 7.22. The molecule has 0 bridgehead atoms. The van der Waals surface area contributed by atoms with Crippen molar-refractivity contribution in [2.75, 3.05) is 27.3 Å². The zero-order valence-corrected chi connectivity index (χ0v) is 17.1. The lowest BCUT2D eigenvalue weighted by atomic mass is 10.1. The lowest BCUT2D eigenvalue weighted by molar-refractivity contribution is -0.130. The second-order valence-corrected chi connectivity index (χ2v) is 7.07. The second-order valence-electron chi connectivity index (χ2n) is 5.80. The molecule has 1 aromatic heterocycles. The fourth-order valence-corrected chi connectivity index (χ4v) is 3.16. The summed E-state index contributed by atoms with van der Waals surface area (Å²) in [6.45, 7) is 3.96. The molecule has 0 saturated heterocycles. The number of aromatic nitrogens is 1. The highest BCUT2D eigenvalue weighted by Gasteiger charge is 2.15. The Hall–Kier alpha value is -2.56. The van der Waals surface area contributed by atoms with Crippen molar-refractivity contribution in [1.29, 1.82) is 5.26 Å². The molecule has 2 aromatic rings. The molecule has 8 heteroatoms. The van der Waals surface area contributed by atoms with Gasteiger partial charge in [0.15, 0.2) is 18.1 Å². The summed E-state index contributed by atoms with van der Waals surface area (Å²) in [5, 5.41) is 12.3. The lowest BCUT2D eigenvalue weighted by Crippen LogP contribution is -2.27. The minimum absolute atomic E-state index is 0.149. The SMILES string of the molecule is CCOc1cc(/C=C(\C#N)c2nc(C)cs2)cc(Cl)c1OCC(=O)N(C)C. The van der Waals surface area contributed by atoms with Gasteiger partial charge in [-0.3, -0.25) is 4.79 Å². The van der Waals surface area contributed by atoms with E-state index in [0.717, 1.165) is 5.69 Å². The van der Waals surface area contributed by atoms with Crippen molar-refractivity contribution in [3.05, 3.63) is 38.8 Å². The van der Waals surface area contributed by atoms with E-state index >= 15 is 0 Å². The number of likely N-dealkylation sites (N-methyl/N-ethyl adjacent to an activating group) is 1. The number of nitriles is 1. The standard InChI is InChI=1S/C19H20ClN3O3S/c1-5-25-16-8-13(6-14(9-21)19-22-12(2)11-27-19)7-15(20)18(16)26-10-17(24)23(3)4/h6-8,11H,5,10H2,1-4H3/b14-6+. The molecule has 0 atom stereocenters. The highest BCUT2D eigenvalue weighted by atomic mass is 35.5. The zero-order chi connectivity index (χ0) is 20.0. The van der Waals surface area contributed by atoms with Crippen molar-refractivity contribution in [2.45, 2.75) is 13.8 Å². The molecule has 0 aliphatic rings. The fraction of sp³-hybridized carbons (Fsp3) is 0.316. The van der Waals surface area contributed by atoms with Crippen LogP contribution in [-0.4, -0.2) is 43.1 Å². The average Bonchev–Trinajstić information content (AvgIpc) is 3.05. The topological polar surface area (TPSA) is 75.5 Å². The van der Waals surface area contributed by atoms with Crippen LogP contribution in [0.3, 0.4) is 0 Å². The minimum atomic E-state index is -0.191. The van der Waals surface area contributed by atoms with E-state index in [9.17, 15) is 10.1 Å². The van der Waals surface area contributed by atoms with Crippen LogP contribution >= 0.6 is 22.9 Å². The first-order valence-corrected chi connectivity index (χ1v) is 9.45. The van der Waals surface area contributed by atoms with Crippen molar-refractivity contribution in [1.82, 2.24) is 9.88 Å². The molecule has 0 spiro atoms. The van der Waals surface area contributed by atoms with Gasteiger partial charge in [-0.15, -0.1) is 11.3 Å². The van der Waals surface area contributed by atoms with E-state index in [1.54, 1.807) is 32.3 Å². The van der Waals surface area contributed by atoms with E-state index < -0.39 is 0 Å². The van der Waals surface area contributed by atoms with Gasteiger partial charge < -0.3 is 14.4 Å². The Labute approximate surface area is 167 Å². The van der Waals surface area contributed by atoms with Crippen LogP contribution < -0.4 is 9.47 Å². The van der Waals surface area contributed by atoms with Crippen LogP contribution in [0.4, 0.5) is 0 Å². The van der Waals surface area contributed by atoms with Crippen LogP contribution in [0.15, 0.2) is 17.5 Å². The largest absolute Gasteiger partial charge is 0.490 e. The van der Waals surface area contributed by atoms with Gasteiger partial charge in [-0.25, -0.2) is 4.98 Å². The lowest BCUT2D eigenvalue weighted by Gasteiger charge is -2.16. The molecule has 6 nitrogen and oxygen atoms in total. The molecule has 0 aliphatic carbocycles. The number of amides is 1. The molecule has 0 radical (unpaired) electrons. The van der Waals surface area contributed by atoms with Gasteiger partial charge in [0.05, 0.1) is 17.2 Å². The van der Waals surface area contributed by atoms with E-state index in [4.69, 9.17) is 21.1 Å². The molecule has 2 rings (SSSR count). The molecular formula is C19H20ClN3O3S. The van der Waals surface area contributed by atoms with Crippen LogP contribution in [0.25, 0.3) is 11.6 Å². The van der Waals surface area contributed by atoms with Gasteiger partial charge >= 0.3 is 0 Å². The van der Waals surface area contributed by atoms with Gasteiger partial charge in [-0.2, -0.15) is 5.26 Å². The molecule has 1 heterocycles. The van der Waals surface area contributed by atoms with Gasteiger partial charge in [0.2, 0.25) is 0 Å². The number of carbonyl (C=O) groups is 1. The van der Waals surface area contributed by atoms with Gasteiger partial charge in [-0.05, 0) is 37.6 Å². The van der Waals surface area contributed by atoms with Crippen LogP contribution in [0.1, 0.15) is 23.2 Å². The van der Waals surface area contributed by atoms with Crippen LogP contribution in [0.5, 0.6) is 11.5 Å². The predicted molar refractivity (Wildman–Crippen MR) is 107 cm³/mol. The number of ether oxygens (including phenoxy) is 2. The highest BCUT2D eigenvalue weighted by molar-refractivity contribution is 7.11. The number of benzene rings is 1. The normalized spacial score (nSPS) is 11.0. The van der Waals surface area contributed by atoms with E-state index in [1.165, 1.54) is 16.2 Å². The first-order valence-electron chi connectivity index (χ1n) is 8.19. The Morgan fingerprint density at radius 2 is 2.15 bits per heavy atom. The van der Waals surface area contributed by atoms with E-state index in [1.807, 2.05) is 19.2 Å². The van der Waals surface area contributed by atoms with E-state index in [0.29, 0.717) is 39.3 Å². The number of nitrogens with zero attached hydrogens (tertiary/aromatic N) is 3. The third-order valence-corrected chi connectivity index (χ3v) is 4.73.